The van der Waals surface area contributed by atoms with Gasteiger partial charge in [0.25, 0.3) is 0 Å². The number of hydrogen-bond acceptors (Lipinski definition) is 3. The van der Waals surface area contributed by atoms with Crippen LogP contribution in [0.4, 0.5) is 0 Å². The van der Waals surface area contributed by atoms with Crippen molar-refractivity contribution < 1.29 is 4.74 Å². The van der Waals surface area contributed by atoms with Crippen LogP contribution in [-0.4, -0.2) is 22.9 Å². The number of aryl methyl sites for hydroxylation is 1. The first kappa shape index (κ1) is 14.6. The van der Waals surface area contributed by atoms with Crippen LogP contribution < -0.4 is 10.1 Å². The zero-order valence-electron chi connectivity index (χ0n) is 12.5. The molecule has 1 aromatic heterocycles. The van der Waals surface area contributed by atoms with Crippen LogP contribution in [-0.2, 0) is 13.5 Å². The molecule has 0 fully saturated rings. The maximum atomic E-state index is 5.45. The Balaban J connectivity index is 1.82. The summed E-state index contributed by atoms with van der Waals surface area (Å²) in [5, 5.41) is 7.71. The lowest BCUT2D eigenvalue weighted by Gasteiger charge is -2.15. The van der Waals surface area contributed by atoms with Crippen LogP contribution in [0.25, 0.3) is 0 Å². The van der Waals surface area contributed by atoms with Gasteiger partial charge in [-0.3, -0.25) is 4.68 Å². The molecule has 20 heavy (non-hydrogen) atoms. The Morgan fingerprint density at radius 3 is 2.60 bits per heavy atom. The quantitative estimate of drug-likeness (QED) is 0.843. The van der Waals surface area contributed by atoms with Crippen LogP contribution in [0.1, 0.15) is 31.1 Å². The molecule has 4 nitrogen and oxygen atoms in total. The third kappa shape index (κ3) is 3.84. The zero-order valence-corrected chi connectivity index (χ0v) is 12.5. The van der Waals surface area contributed by atoms with E-state index in [-0.39, 0.29) is 0 Å². The summed E-state index contributed by atoms with van der Waals surface area (Å²) in [6, 6.07) is 10.7. The summed E-state index contributed by atoms with van der Waals surface area (Å²) in [6.45, 7) is 5.82. The van der Waals surface area contributed by atoms with Crippen molar-refractivity contribution in [2.45, 2.75) is 26.3 Å². The topological polar surface area (TPSA) is 39.1 Å². The average molecular weight is 273 g/mol. The first-order valence-corrected chi connectivity index (χ1v) is 7.13. The lowest BCUT2D eigenvalue weighted by Crippen LogP contribution is -2.22. The zero-order chi connectivity index (χ0) is 14.4. The molecule has 0 aliphatic heterocycles. The molecule has 0 aliphatic rings. The van der Waals surface area contributed by atoms with Gasteiger partial charge in [-0.25, -0.2) is 0 Å². The molecule has 1 heterocycles. The molecule has 108 valence electrons. The largest absolute Gasteiger partial charge is 0.494 e. The first-order chi connectivity index (χ1) is 9.70. The second kappa shape index (κ2) is 7.10. The van der Waals surface area contributed by atoms with Crippen molar-refractivity contribution in [3.05, 3.63) is 47.8 Å². The maximum absolute atomic E-state index is 5.45. The second-order valence-corrected chi connectivity index (χ2v) is 4.87. The van der Waals surface area contributed by atoms with Crippen LogP contribution in [0.2, 0.25) is 0 Å². The van der Waals surface area contributed by atoms with E-state index < -0.39 is 0 Å². The molecule has 0 aliphatic carbocycles. The van der Waals surface area contributed by atoms with E-state index >= 15 is 0 Å². The van der Waals surface area contributed by atoms with Crippen molar-refractivity contribution >= 4 is 0 Å². The molecule has 2 rings (SSSR count). The van der Waals surface area contributed by atoms with E-state index in [1.165, 1.54) is 11.3 Å². The Morgan fingerprint density at radius 2 is 2.00 bits per heavy atom. The fraction of sp³-hybridized carbons (Fsp3) is 0.438. The summed E-state index contributed by atoms with van der Waals surface area (Å²) < 4.78 is 7.37. The lowest BCUT2D eigenvalue weighted by atomic mass is 10.1. The van der Waals surface area contributed by atoms with E-state index in [2.05, 4.69) is 35.5 Å². The fourth-order valence-corrected chi connectivity index (χ4v) is 2.20. The summed E-state index contributed by atoms with van der Waals surface area (Å²) in [7, 11) is 1.98. The van der Waals surface area contributed by atoms with Gasteiger partial charge in [0.15, 0.2) is 0 Å². The molecule has 0 amide bonds. The third-order valence-corrected chi connectivity index (χ3v) is 3.45. The fourth-order valence-electron chi connectivity index (χ4n) is 2.20. The van der Waals surface area contributed by atoms with Gasteiger partial charge in [0.05, 0.1) is 6.61 Å². The monoisotopic (exact) mass is 273 g/mol. The Bertz CT molecular complexity index is 519. The smallest absolute Gasteiger partial charge is 0.119 e. The van der Waals surface area contributed by atoms with Crippen molar-refractivity contribution in [3.8, 4) is 5.75 Å². The first-order valence-electron chi connectivity index (χ1n) is 7.13. The molecule has 0 saturated carbocycles. The highest BCUT2D eigenvalue weighted by Crippen LogP contribution is 2.17. The maximum Gasteiger partial charge on any atom is 0.119 e. The number of nitrogens with one attached hydrogen (secondary N) is 1. The van der Waals surface area contributed by atoms with Crippen LogP contribution >= 0.6 is 0 Å². The van der Waals surface area contributed by atoms with E-state index in [9.17, 15) is 0 Å². The van der Waals surface area contributed by atoms with Crippen molar-refractivity contribution in [2.75, 3.05) is 13.2 Å². The van der Waals surface area contributed by atoms with Gasteiger partial charge in [0.1, 0.15) is 5.75 Å². The van der Waals surface area contributed by atoms with Gasteiger partial charge < -0.3 is 10.1 Å². The molecule has 1 N–H and O–H groups in total. The predicted octanol–water partition coefficient (Wildman–Crippen LogP) is 2.71. The number of ether oxygens (including phenoxy) is 1. The van der Waals surface area contributed by atoms with Gasteiger partial charge >= 0.3 is 0 Å². The number of rotatable bonds is 7. The molecule has 4 heteroatoms. The molecule has 0 bridgehead atoms. The highest BCUT2D eigenvalue weighted by Gasteiger charge is 2.05. The van der Waals surface area contributed by atoms with Crippen molar-refractivity contribution in [3.63, 3.8) is 0 Å². The normalized spacial score (nSPS) is 12.3. The number of hydrogen-bond donors (Lipinski definition) is 1. The van der Waals surface area contributed by atoms with Gasteiger partial charge in [0, 0.05) is 37.9 Å². The van der Waals surface area contributed by atoms with E-state index in [1.54, 1.807) is 0 Å². The summed E-state index contributed by atoms with van der Waals surface area (Å²) in [4.78, 5) is 0. The van der Waals surface area contributed by atoms with E-state index in [4.69, 9.17) is 4.74 Å². The third-order valence-electron chi connectivity index (χ3n) is 3.45. The van der Waals surface area contributed by atoms with Gasteiger partial charge in [-0.05, 0) is 37.6 Å². The molecule has 1 unspecified atom stereocenters. The van der Waals surface area contributed by atoms with Crippen LogP contribution in [0.15, 0.2) is 36.5 Å². The van der Waals surface area contributed by atoms with E-state index in [1.807, 2.05) is 37.0 Å². The van der Waals surface area contributed by atoms with Crippen molar-refractivity contribution in [1.82, 2.24) is 15.1 Å². The SMILES string of the molecule is CCOc1ccc(C(C)NCCc2ccnn2C)cc1. The summed E-state index contributed by atoms with van der Waals surface area (Å²) in [5.74, 6) is 0.929. The second-order valence-electron chi connectivity index (χ2n) is 4.87. The van der Waals surface area contributed by atoms with Crippen molar-refractivity contribution in [2.24, 2.45) is 7.05 Å². The Kier molecular flexibility index (Phi) is 5.18. The number of benzene rings is 1. The Hall–Kier alpha value is -1.81. The van der Waals surface area contributed by atoms with Gasteiger partial charge in [-0.2, -0.15) is 5.10 Å². The number of aromatic nitrogens is 2. The highest BCUT2D eigenvalue weighted by atomic mass is 16.5. The van der Waals surface area contributed by atoms with Gasteiger partial charge in [-0.15, -0.1) is 0 Å². The van der Waals surface area contributed by atoms with Crippen LogP contribution in [0, 0.1) is 0 Å². The van der Waals surface area contributed by atoms with Crippen LogP contribution in [0.3, 0.4) is 0 Å². The minimum Gasteiger partial charge on any atom is -0.494 e. The molecule has 2 aromatic rings. The molecule has 1 atom stereocenters. The minimum atomic E-state index is 0.332. The van der Waals surface area contributed by atoms with Gasteiger partial charge in [0.2, 0.25) is 0 Å². The van der Waals surface area contributed by atoms with Gasteiger partial charge in [-0.1, -0.05) is 12.1 Å². The highest BCUT2D eigenvalue weighted by molar-refractivity contribution is 5.28. The predicted molar refractivity (Wildman–Crippen MR) is 80.9 cm³/mol. The average Bonchev–Trinajstić information content (AvgIpc) is 2.85. The summed E-state index contributed by atoms with van der Waals surface area (Å²) in [6.07, 6.45) is 2.82. The molecule has 0 spiro atoms. The Morgan fingerprint density at radius 1 is 1.25 bits per heavy atom. The molecule has 0 radical (unpaired) electrons. The summed E-state index contributed by atoms with van der Waals surface area (Å²) in [5.41, 5.74) is 2.52. The number of nitrogens with zero attached hydrogens (tertiary/aromatic N) is 2. The minimum absolute atomic E-state index is 0.332. The van der Waals surface area contributed by atoms with Crippen LogP contribution in [0.5, 0.6) is 5.75 Å². The summed E-state index contributed by atoms with van der Waals surface area (Å²) >= 11 is 0. The van der Waals surface area contributed by atoms with E-state index in [0.29, 0.717) is 12.6 Å². The molecule has 1 aromatic carbocycles. The lowest BCUT2D eigenvalue weighted by molar-refractivity contribution is 0.340. The standard InChI is InChI=1S/C16H23N3O/c1-4-20-16-7-5-14(6-8-16)13(2)17-11-9-15-10-12-18-19(15)3/h5-8,10,12-13,17H,4,9,11H2,1-3H3. The molecular weight excluding hydrogens is 250 g/mol. The molecular formula is C16H23N3O. The van der Waals surface area contributed by atoms with Crippen molar-refractivity contribution in [1.29, 1.82) is 0 Å². The van der Waals surface area contributed by atoms with E-state index in [0.717, 1.165) is 18.7 Å². The Labute approximate surface area is 120 Å². The molecule has 0 saturated heterocycles.